The first-order chi connectivity index (χ1) is 11.1. The maximum Gasteiger partial charge on any atom is 0.325 e. The van der Waals surface area contributed by atoms with Crippen molar-refractivity contribution in [3.63, 3.8) is 0 Å². The van der Waals surface area contributed by atoms with Crippen LogP contribution in [0.5, 0.6) is 0 Å². The molecule has 3 aliphatic heterocycles. The van der Waals surface area contributed by atoms with E-state index < -0.39 is 5.54 Å². The maximum atomic E-state index is 12.5. The summed E-state index contributed by atoms with van der Waals surface area (Å²) >= 11 is 0. The van der Waals surface area contributed by atoms with E-state index >= 15 is 0 Å². The van der Waals surface area contributed by atoms with Crippen LogP contribution in [0.1, 0.15) is 32.1 Å². The number of likely N-dealkylation sites (tertiary alicyclic amines) is 1. The molecule has 0 radical (unpaired) electrons. The van der Waals surface area contributed by atoms with Gasteiger partial charge in [-0.15, -0.1) is 0 Å². The molecule has 4 amide bonds. The number of carbonyl (C=O) groups excluding carboxylic acids is 3. The summed E-state index contributed by atoms with van der Waals surface area (Å²) < 4.78 is 0. The van der Waals surface area contributed by atoms with E-state index in [-0.39, 0.29) is 30.8 Å². The zero-order valence-electron chi connectivity index (χ0n) is 13.3. The van der Waals surface area contributed by atoms with Crippen molar-refractivity contribution >= 4 is 17.8 Å². The van der Waals surface area contributed by atoms with Crippen LogP contribution in [-0.4, -0.2) is 65.9 Å². The molecule has 2 N–H and O–H groups in total. The molecule has 7 heteroatoms. The van der Waals surface area contributed by atoms with Crippen molar-refractivity contribution in [1.82, 2.24) is 20.4 Å². The molecule has 0 aromatic heterocycles. The third-order valence-electron chi connectivity index (χ3n) is 5.99. The molecular formula is C16H24N4O3. The van der Waals surface area contributed by atoms with Gasteiger partial charge in [-0.3, -0.25) is 14.5 Å². The van der Waals surface area contributed by atoms with Crippen molar-refractivity contribution in [2.45, 2.75) is 37.6 Å². The monoisotopic (exact) mass is 320 g/mol. The van der Waals surface area contributed by atoms with Gasteiger partial charge in [0.05, 0.1) is 0 Å². The van der Waals surface area contributed by atoms with E-state index in [4.69, 9.17) is 0 Å². The van der Waals surface area contributed by atoms with Gasteiger partial charge in [0.1, 0.15) is 5.54 Å². The fourth-order valence-corrected chi connectivity index (χ4v) is 4.62. The Bertz CT molecular complexity index is 531. The highest BCUT2D eigenvalue weighted by Crippen LogP contribution is 2.35. The van der Waals surface area contributed by atoms with Crippen LogP contribution < -0.4 is 10.6 Å². The van der Waals surface area contributed by atoms with E-state index in [1.54, 1.807) is 0 Å². The van der Waals surface area contributed by atoms with Gasteiger partial charge in [0, 0.05) is 39.1 Å². The van der Waals surface area contributed by atoms with Crippen molar-refractivity contribution < 1.29 is 14.4 Å². The van der Waals surface area contributed by atoms with Crippen molar-refractivity contribution in [2.24, 2.45) is 11.8 Å². The van der Waals surface area contributed by atoms with Gasteiger partial charge in [-0.25, -0.2) is 4.79 Å². The van der Waals surface area contributed by atoms with Crippen molar-refractivity contribution in [2.75, 3.05) is 32.7 Å². The molecular weight excluding hydrogens is 296 g/mol. The van der Waals surface area contributed by atoms with E-state index in [1.165, 1.54) is 4.90 Å². The maximum absolute atomic E-state index is 12.5. The van der Waals surface area contributed by atoms with Gasteiger partial charge >= 0.3 is 6.03 Å². The van der Waals surface area contributed by atoms with E-state index in [0.717, 1.165) is 51.9 Å². The number of nitrogens with one attached hydrogen (secondary N) is 2. The zero-order valence-corrected chi connectivity index (χ0v) is 13.3. The summed E-state index contributed by atoms with van der Waals surface area (Å²) in [6.07, 6.45) is 3.64. The summed E-state index contributed by atoms with van der Waals surface area (Å²) in [6, 6.07) is -0.327. The lowest BCUT2D eigenvalue weighted by molar-refractivity contribution is -0.133. The number of hydrogen-bond acceptors (Lipinski definition) is 4. The summed E-state index contributed by atoms with van der Waals surface area (Å²) in [7, 11) is 0. The molecule has 23 heavy (non-hydrogen) atoms. The summed E-state index contributed by atoms with van der Waals surface area (Å²) in [5.41, 5.74) is -0.670. The second-order valence-electron chi connectivity index (χ2n) is 7.40. The standard InChI is InChI=1S/C16H24N4O3/c21-13(19-9-11-7-17-8-12(11)10-19)3-6-20-14(22)16(18-15(20)23)4-1-2-5-16/h11-12,17H,1-10H2,(H,18,23)/t11-,12+. The number of amides is 4. The minimum Gasteiger partial charge on any atom is -0.342 e. The fraction of sp³-hybridized carbons (Fsp3) is 0.812. The van der Waals surface area contributed by atoms with Crippen LogP contribution in [0.4, 0.5) is 4.79 Å². The van der Waals surface area contributed by atoms with E-state index in [1.807, 2.05) is 4.90 Å². The molecule has 0 unspecified atom stereocenters. The van der Waals surface area contributed by atoms with Crippen LogP contribution in [0.2, 0.25) is 0 Å². The largest absolute Gasteiger partial charge is 0.342 e. The Balaban J connectivity index is 1.33. The molecule has 126 valence electrons. The van der Waals surface area contributed by atoms with Crippen molar-refractivity contribution in [3.05, 3.63) is 0 Å². The smallest absolute Gasteiger partial charge is 0.325 e. The lowest BCUT2D eigenvalue weighted by atomic mass is 9.98. The van der Waals surface area contributed by atoms with Gasteiger partial charge in [-0.05, 0) is 24.7 Å². The molecule has 4 aliphatic rings. The van der Waals surface area contributed by atoms with Gasteiger partial charge in [-0.2, -0.15) is 0 Å². The number of carbonyl (C=O) groups is 3. The molecule has 1 aliphatic carbocycles. The van der Waals surface area contributed by atoms with Crippen LogP contribution in [0.15, 0.2) is 0 Å². The lowest BCUT2D eigenvalue weighted by Gasteiger charge is -2.21. The number of nitrogens with zero attached hydrogens (tertiary/aromatic N) is 2. The SMILES string of the molecule is O=C(CCN1C(=O)NC2(CCCC2)C1=O)N1C[C@H]2CNC[C@H]2C1. The van der Waals surface area contributed by atoms with Gasteiger partial charge in [0.15, 0.2) is 0 Å². The van der Waals surface area contributed by atoms with Crippen LogP contribution in [0.25, 0.3) is 0 Å². The third-order valence-corrected chi connectivity index (χ3v) is 5.99. The quantitative estimate of drug-likeness (QED) is 0.713. The summed E-state index contributed by atoms with van der Waals surface area (Å²) in [5, 5.41) is 6.22. The highest BCUT2D eigenvalue weighted by molar-refractivity contribution is 6.07. The molecule has 2 atom stereocenters. The predicted molar refractivity (Wildman–Crippen MR) is 82.5 cm³/mol. The number of rotatable bonds is 3. The Kier molecular flexibility index (Phi) is 3.55. The molecule has 3 heterocycles. The van der Waals surface area contributed by atoms with Crippen LogP contribution in [0.3, 0.4) is 0 Å². The number of hydrogen-bond donors (Lipinski definition) is 2. The Morgan fingerprint density at radius 2 is 1.78 bits per heavy atom. The number of fused-ring (bicyclic) bond motifs is 1. The summed E-state index contributed by atoms with van der Waals surface area (Å²) in [6.45, 7) is 3.80. The Morgan fingerprint density at radius 3 is 2.43 bits per heavy atom. The molecule has 7 nitrogen and oxygen atoms in total. The normalized spacial score (nSPS) is 32.0. The summed E-state index contributed by atoms with van der Waals surface area (Å²) in [5.74, 6) is 1.07. The average molecular weight is 320 g/mol. The Morgan fingerprint density at radius 1 is 1.13 bits per heavy atom. The molecule has 4 fully saturated rings. The van der Waals surface area contributed by atoms with Crippen LogP contribution in [-0.2, 0) is 9.59 Å². The molecule has 0 bridgehead atoms. The molecule has 3 saturated heterocycles. The highest BCUT2D eigenvalue weighted by atomic mass is 16.2. The Labute approximate surface area is 135 Å². The topological polar surface area (TPSA) is 81.8 Å². The Hall–Kier alpha value is -1.63. The first-order valence-corrected chi connectivity index (χ1v) is 8.72. The molecule has 0 aromatic rings. The average Bonchev–Trinajstić information content (AvgIpc) is 3.24. The first-order valence-electron chi connectivity index (χ1n) is 8.72. The first kappa shape index (κ1) is 14.9. The van der Waals surface area contributed by atoms with E-state index in [0.29, 0.717) is 11.8 Å². The van der Waals surface area contributed by atoms with E-state index in [9.17, 15) is 14.4 Å². The number of imide groups is 1. The predicted octanol–water partition coefficient (Wildman–Crippen LogP) is -0.0811. The van der Waals surface area contributed by atoms with Crippen molar-refractivity contribution in [1.29, 1.82) is 0 Å². The second-order valence-corrected chi connectivity index (χ2v) is 7.40. The molecule has 4 rings (SSSR count). The van der Waals surface area contributed by atoms with Crippen molar-refractivity contribution in [3.8, 4) is 0 Å². The summed E-state index contributed by atoms with van der Waals surface area (Å²) in [4.78, 5) is 40.2. The number of urea groups is 1. The zero-order chi connectivity index (χ0) is 16.0. The fourth-order valence-electron chi connectivity index (χ4n) is 4.62. The minimum atomic E-state index is -0.670. The molecule has 1 spiro atoms. The van der Waals surface area contributed by atoms with Gasteiger partial charge in [0.25, 0.3) is 5.91 Å². The molecule has 1 saturated carbocycles. The lowest BCUT2D eigenvalue weighted by Crippen LogP contribution is -2.44. The second kappa shape index (κ2) is 5.47. The third kappa shape index (κ3) is 2.41. The van der Waals surface area contributed by atoms with Crippen LogP contribution >= 0.6 is 0 Å². The molecule has 0 aromatic carbocycles. The highest BCUT2D eigenvalue weighted by Gasteiger charge is 2.52. The van der Waals surface area contributed by atoms with Crippen LogP contribution in [0, 0.1) is 11.8 Å². The van der Waals surface area contributed by atoms with E-state index in [2.05, 4.69) is 10.6 Å². The van der Waals surface area contributed by atoms with Gasteiger partial charge in [-0.1, -0.05) is 12.8 Å². The minimum absolute atomic E-state index is 0.0624. The van der Waals surface area contributed by atoms with Gasteiger partial charge in [0.2, 0.25) is 5.91 Å². The van der Waals surface area contributed by atoms with Gasteiger partial charge < -0.3 is 15.5 Å².